The number of pyridine rings is 2. The van der Waals surface area contributed by atoms with Crippen molar-refractivity contribution in [3.63, 3.8) is 0 Å². The second kappa shape index (κ2) is 7.39. The smallest absolute Gasteiger partial charge is 0.240 e. The average Bonchev–Trinajstić information content (AvgIpc) is 2.64. The molecule has 0 radical (unpaired) electrons. The lowest BCUT2D eigenvalue weighted by Crippen LogP contribution is -2.28. The Morgan fingerprint density at radius 2 is 2.00 bits per heavy atom. The third-order valence-electron chi connectivity index (χ3n) is 4.40. The van der Waals surface area contributed by atoms with Crippen LogP contribution >= 0.6 is 0 Å². The van der Waals surface area contributed by atoms with Crippen LogP contribution in [0.15, 0.2) is 47.5 Å². The van der Waals surface area contributed by atoms with Gasteiger partial charge in [-0.05, 0) is 26.0 Å². The Kier molecular flexibility index (Phi) is 5.02. The summed E-state index contributed by atoms with van der Waals surface area (Å²) in [6, 6.07) is 8.74. The number of fused-ring (bicyclic) bond motifs is 1. The van der Waals surface area contributed by atoms with E-state index in [4.69, 9.17) is 4.74 Å². The molecule has 1 amide bonds. The average molecular weight is 351 g/mol. The van der Waals surface area contributed by atoms with Crippen molar-refractivity contribution < 1.29 is 9.53 Å². The summed E-state index contributed by atoms with van der Waals surface area (Å²) in [5, 5.41) is 3.48. The molecule has 3 aromatic rings. The number of aryl methyl sites for hydroxylation is 1. The molecule has 2 aromatic heterocycles. The molecule has 0 bridgehead atoms. The summed E-state index contributed by atoms with van der Waals surface area (Å²) in [5.41, 5.74) is 3.33. The molecular formula is C20H21N3O3. The van der Waals surface area contributed by atoms with Gasteiger partial charge in [0.05, 0.1) is 24.9 Å². The lowest BCUT2D eigenvalue weighted by molar-refractivity contribution is -0.121. The number of benzene rings is 1. The molecule has 0 atom stereocenters. The van der Waals surface area contributed by atoms with E-state index in [1.165, 1.54) is 6.07 Å². The number of aromatic nitrogens is 2. The number of rotatable bonds is 5. The molecule has 1 aromatic carbocycles. The highest BCUT2D eigenvalue weighted by molar-refractivity contribution is 5.82. The molecular weight excluding hydrogens is 330 g/mol. The van der Waals surface area contributed by atoms with E-state index in [0.29, 0.717) is 11.9 Å². The first-order valence-corrected chi connectivity index (χ1v) is 8.35. The summed E-state index contributed by atoms with van der Waals surface area (Å²) in [6.45, 7) is 4.31. The van der Waals surface area contributed by atoms with Crippen LogP contribution in [0.4, 0.5) is 0 Å². The van der Waals surface area contributed by atoms with Crippen LogP contribution in [0.25, 0.3) is 10.9 Å². The Balaban J connectivity index is 1.75. The monoisotopic (exact) mass is 351 g/mol. The summed E-state index contributed by atoms with van der Waals surface area (Å²) in [4.78, 5) is 28.7. The minimum atomic E-state index is -0.153. The lowest BCUT2D eigenvalue weighted by atomic mass is 10.1. The summed E-state index contributed by atoms with van der Waals surface area (Å²) in [5.74, 6) is 0.634. The number of nitrogens with zero attached hydrogens (tertiary/aromatic N) is 2. The molecule has 0 saturated heterocycles. The second-order valence-corrected chi connectivity index (χ2v) is 6.15. The molecule has 0 aliphatic carbocycles. The minimum absolute atomic E-state index is 0.0520. The Morgan fingerprint density at radius 3 is 2.77 bits per heavy atom. The quantitative estimate of drug-likeness (QED) is 0.766. The number of nitrogens with one attached hydrogen (secondary N) is 1. The minimum Gasteiger partial charge on any atom is -0.496 e. The molecule has 1 N–H and O–H groups in total. The van der Waals surface area contributed by atoms with Crippen LogP contribution in [0.5, 0.6) is 5.75 Å². The zero-order valence-corrected chi connectivity index (χ0v) is 15.1. The van der Waals surface area contributed by atoms with Gasteiger partial charge < -0.3 is 14.6 Å². The molecule has 0 spiro atoms. The highest BCUT2D eigenvalue weighted by atomic mass is 16.5. The number of ether oxygens (including phenoxy) is 1. The predicted octanol–water partition coefficient (Wildman–Crippen LogP) is 2.34. The molecule has 6 heteroatoms. The van der Waals surface area contributed by atoms with Crippen molar-refractivity contribution >= 4 is 16.8 Å². The van der Waals surface area contributed by atoms with E-state index in [9.17, 15) is 9.59 Å². The van der Waals surface area contributed by atoms with Crippen molar-refractivity contribution in [2.75, 3.05) is 7.11 Å². The van der Waals surface area contributed by atoms with Crippen molar-refractivity contribution in [3.05, 3.63) is 69.8 Å². The zero-order valence-electron chi connectivity index (χ0n) is 15.1. The van der Waals surface area contributed by atoms with E-state index in [-0.39, 0.29) is 17.9 Å². The molecule has 134 valence electrons. The van der Waals surface area contributed by atoms with Gasteiger partial charge in [-0.25, -0.2) is 0 Å². The number of hydrogen-bond donors (Lipinski definition) is 1. The number of methoxy groups -OCH3 is 1. The molecule has 0 unspecified atom stereocenters. The van der Waals surface area contributed by atoms with E-state index in [2.05, 4.69) is 10.3 Å². The normalized spacial score (nSPS) is 10.7. The van der Waals surface area contributed by atoms with Gasteiger partial charge in [-0.2, -0.15) is 0 Å². The van der Waals surface area contributed by atoms with Gasteiger partial charge in [0.1, 0.15) is 12.3 Å². The van der Waals surface area contributed by atoms with E-state index < -0.39 is 0 Å². The third-order valence-corrected chi connectivity index (χ3v) is 4.40. The SMILES string of the molecule is COc1c(C)cnc(CNC(=O)Cn2ccc(=O)c3ccccc32)c1C. The van der Waals surface area contributed by atoms with Gasteiger partial charge in [0.15, 0.2) is 5.43 Å². The van der Waals surface area contributed by atoms with Crippen LogP contribution in [0.2, 0.25) is 0 Å². The molecule has 0 saturated carbocycles. The second-order valence-electron chi connectivity index (χ2n) is 6.15. The predicted molar refractivity (Wildman–Crippen MR) is 100 cm³/mol. The molecule has 6 nitrogen and oxygen atoms in total. The highest BCUT2D eigenvalue weighted by Gasteiger charge is 2.11. The van der Waals surface area contributed by atoms with Crippen molar-refractivity contribution in [3.8, 4) is 5.75 Å². The number of para-hydroxylation sites is 1. The molecule has 2 heterocycles. The van der Waals surface area contributed by atoms with E-state index in [1.807, 2.05) is 32.0 Å². The molecule has 0 aliphatic rings. The van der Waals surface area contributed by atoms with Crippen molar-refractivity contribution in [2.45, 2.75) is 26.9 Å². The maximum Gasteiger partial charge on any atom is 0.240 e. The van der Waals surface area contributed by atoms with Gasteiger partial charge in [0, 0.05) is 35.0 Å². The fourth-order valence-corrected chi connectivity index (χ4v) is 3.04. The largest absolute Gasteiger partial charge is 0.496 e. The van der Waals surface area contributed by atoms with Gasteiger partial charge in [0.2, 0.25) is 5.91 Å². The topological polar surface area (TPSA) is 73.2 Å². The van der Waals surface area contributed by atoms with Gasteiger partial charge in [-0.15, -0.1) is 0 Å². The summed E-state index contributed by atoms with van der Waals surface area (Å²) >= 11 is 0. The maximum atomic E-state index is 12.4. The number of carbonyl (C=O) groups excluding carboxylic acids is 1. The van der Waals surface area contributed by atoms with Crippen molar-refractivity contribution in [1.29, 1.82) is 0 Å². The van der Waals surface area contributed by atoms with Gasteiger partial charge in [-0.3, -0.25) is 14.6 Å². The van der Waals surface area contributed by atoms with Crippen LogP contribution < -0.4 is 15.5 Å². The van der Waals surface area contributed by atoms with E-state index in [0.717, 1.165) is 28.1 Å². The van der Waals surface area contributed by atoms with Gasteiger partial charge in [-0.1, -0.05) is 12.1 Å². The molecule has 0 aliphatic heterocycles. The standard InChI is InChI=1S/C20H21N3O3/c1-13-10-21-16(14(2)20(13)26-3)11-22-19(25)12-23-9-8-18(24)15-6-4-5-7-17(15)23/h4-10H,11-12H2,1-3H3,(H,22,25). The summed E-state index contributed by atoms with van der Waals surface area (Å²) in [7, 11) is 1.62. The molecule has 3 rings (SSSR count). The van der Waals surface area contributed by atoms with Gasteiger partial charge in [0.25, 0.3) is 0 Å². The van der Waals surface area contributed by atoms with Crippen LogP contribution in [-0.2, 0) is 17.9 Å². The summed E-state index contributed by atoms with van der Waals surface area (Å²) in [6.07, 6.45) is 3.38. The van der Waals surface area contributed by atoms with Crippen molar-refractivity contribution in [1.82, 2.24) is 14.9 Å². The molecule has 26 heavy (non-hydrogen) atoms. The summed E-state index contributed by atoms with van der Waals surface area (Å²) < 4.78 is 7.16. The molecule has 0 fully saturated rings. The number of hydrogen-bond acceptors (Lipinski definition) is 4. The van der Waals surface area contributed by atoms with Crippen molar-refractivity contribution in [2.24, 2.45) is 0 Å². The number of amides is 1. The van der Waals surface area contributed by atoms with E-state index >= 15 is 0 Å². The zero-order chi connectivity index (χ0) is 18.7. The Morgan fingerprint density at radius 1 is 1.23 bits per heavy atom. The van der Waals surface area contributed by atoms with Crippen LogP contribution in [0.1, 0.15) is 16.8 Å². The maximum absolute atomic E-state index is 12.4. The fourth-order valence-electron chi connectivity index (χ4n) is 3.04. The first kappa shape index (κ1) is 17.7. The van der Waals surface area contributed by atoms with Crippen LogP contribution in [0, 0.1) is 13.8 Å². The van der Waals surface area contributed by atoms with Crippen LogP contribution in [-0.4, -0.2) is 22.6 Å². The fraction of sp³-hybridized carbons (Fsp3) is 0.250. The van der Waals surface area contributed by atoms with E-state index in [1.54, 1.807) is 30.1 Å². The third kappa shape index (κ3) is 3.44. The Bertz CT molecular complexity index is 1020. The number of carbonyl (C=O) groups is 1. The lowest BCUT2D eigenvalue weighted by Gasteiger charge is -2.14. The Labute approximate surface area is 151 Å². The van der Waals surface area contributed by atoms with Crippen LogP contribution in [0.3, 0.4) is 0 Å². The first-order chi connectivity index (χ1) is 12.5. The van der Waals surface area contributed by atoms with Gasteiger partial charge >= 0.3 is 0 Å². The highest BCUT2D eigenvalue weighted by Crippen LogP contribution is 2.23. The Hall–Kier alpha value is -3.15. The first-order valence-electron chi connectivity index (χ1n) is 8.35.